The van der Waals surface area contributed by atoms with Crippen molar-refractivity contribution in [1.29, 1.82) is 0 Å². The summed E-state index contributed by atoms with van der Waals surface area (Å²) in [5.41, 5.74) is 1.07. The number of hydrogen-bond donors (Lipinski definition) is 0. The van der Waals surface area contributed by atoms with Gasteiger partial charge in [0.1, 0.15) is 11.2 Å². The van der Waals surface area contributed by atoms with E-state index in [9.17, 15) is 13.2 Å². The number of aromatic nitrogens is 6. The zero-order valence-corrected chi connectivity index (χ0v) is 16.5. The van der Waals surface area contributed by atoms with Crippen molar-refractivity contribution in [1.82, 2.24) is 34.3 Å². The van der Waals surface area contributed by atoms with Crippen molar-refractivity contribution in [3.05, 3.63) is 36.2 Å². The molecule has 0 aromatic carbocycles. The first kappa shape index (κ1) is 18.5. The Kier molecular flexibility index (Phi) is 4.61. The number of nitrogens with zero attached hydrogens (tertiary/aromatic N) is 7. The topological polar surface area (TPSA) is 115 Å². The van der Waals surface area contributed by atoms with Crippen molar-refractivity contribution in [2.45, 2.75) is 37.1 Å². The molecule has 0 spiro atoms. The summed E-state index contributed by atoms with van der Waals surface area (Å²) in [5.74, 6) is 0.0557. The second-order valence-electron chi connectivity index (χ2n) is 6.93. The van der Waals surface area contributed by atoms with E-state index in [1.54, 1.807) is 22.0 Å². The van der Waals surface area contributed by atoms with Crippen molar-refractivity contribution in [3.8, 4) is 0 Å². The summed E-state index contributed by atoms with van der Waals surface area (Å²) in [7, 11) is -3.51. The molecular formula is C17H21N7O3S. The van der Waals surface area contributed by atoms with Crippen LogP contribution in [-0.4, -0.2) is 67.9 Å². The first-order valence-corrected chi connectivity index (χ1v) is 11.0. The first-order valence-electron chi connectivity index (χ1n) is 9.09. The normalized spacial score (nSPS) is 17.9. The Hall–Kier alpha value is -2.82. The fourth-order valence-corrected chi connectivity index (χ4v) is 4.53. The Balaban J connectivity index is 1.70. The van der Waals surface area contributed by atoms with Crippen LogP contribution in [0.25, 0.3) is 5.78 Å². The van der Waals surface area contributed by atoms with Gasteiger partial charge in [-0.3, -0.25) is 9.48 Å². The number of sulfone groups is 1. The van der Waals surface area contributed by atoms with E-state index in [2.05, 4.69) is 20.2 Å². The fourth-order valence-electron chi connectivity index (χ4n) is 3.65. The van der Waals surface area contributed by atoms with Gasteiger partial charge in [0, 0.05) is 38.0 Å². The van der Waals surface area contributed by atoms with Crippen molar-refractivity contribution in [2.75, 3.05) is 19.3 Å². The maximum atomic E-state index is 12.9. The molecule has 0 radical (unpaired) electrons. The van der Waals surface area contributed by atoms with Crippen LogP contribution in [0.5, 0.6) is 0 Å². The van der Waals surface area contributed by atoms with Gasteiger partial charge in [0.05, 0.1) is 23.7 Å². The quantitative estimate of drug-likeness (QED) is 0.632. The van der Waals surface area contributed by atoms with Crippen LogP contribution >= 0.6 is 0 Å². The molecule has 3 aromatic rings. The zero-order chi connectivity index (χ0) is 19.9. The van der Waals surface area contributed by atoms with Gasteiger partial charge in [-0.1, -0.05) is 0 Å². The average Bonchev–Trinajstić information content (AvgIpc) is 3.35. The third kappa shape index (κ3) is 3.26. The van der Waals surface area contributed by atoms with Crippen molar-refractivity contribution < 1.29 is 13.2 Å². The molecule has 4 heterocycles. The molecule has 1 saturated heterocycles. The van der Waals surface area contributed by atoms with Crippen molar-refractivity contribution >= 4 is 21.5 Å². The maximum Gasteiger partial charge on any atom is 0.257 e. The lowest BCUT2D eigenvalue weighted by Gasteiger charge is -2.33. The maximum absolute atomic E-state index is 12.9. The van der Waals surface area contributed by atoms with E-state index in [1.807, 2.05) is 6.92 Å². The molecule has 0 N–H and O–H groups in total. The second-order valence-corrected chi connectivity index (χ2v) is 8.91. The van der Waals surface area contributed by atoms with Crippen LogP contribution in [-0.2, 0) is 16.4 Å². The van der Waals surface area contributed by atoms with Gasteiger partial charge in [-0.05, 0) is 19.8 Å². The number of aryl methyl sites for hydroxylation is 1. The van der Waals surface area contributed by atoms with Crippen LogP contribution in [0.1, 0.15) is 41.7 Å². The molecule has 0 aliphatic carbocycles. The summed E-state index contributed by atoms with van der Waals surface area (Å²) in [6.07, 6.45) is 8.65. The summed E-state index contributed by atoms with van der Waals surface area (Å²) in [5, 5.41) is 8.34. The van der Waals surface area contributed by atoms with Gasteiger partial charge in [-0.25, -0.2) is 13.4 Å². The number of hydrogen-bond acceptors (Lipinski definition) is 7. The number of fused-ring (bicyclic) bond motifs is 1. The van der Waals surface area contributed by atoms with Crippen LogP contribution in [0.2, 0.25) is 0 Å². The third-order valence-electron chi connectivity index (χ3n) is 5.01. The van der Waals surface area contributed by atoms with E-state index >= 15 is 0 Å². The molecule has 1 fully saturated rings. The number of amides is 1. The molecule has 1 amide bonds. The lowest BCUT2D eigenvalue weighted by atomic mass is 9.94. The van der Waals surface area contributed by atoms with Gasteiger partial charge in [0.15, 0.2) is 9.84 Å². The summed E-state index contributed by atoms with van der Waals surface area (Å²) in [6.45, 7) is 3.66. The molecule has 4 rings (SSSR count). The summed E-state index contributed by atoms with van der Waals surface area (Å²) < 4.78 is 27.9. The molecular weight excluding hydrogens is 382 g/mol. The Morgan fingerprint density at radius 2 is 2.07 bits per heavy atom. The molecule has 1 aliphatic rings. The molecule has 0 unspecified atom stereocenters. The van der Waals surface area contributed by atoms with E-state index < -0.39 is 9.84 Å². The van der Waals surface area contributed by atoms with Gasteiger partial charge in [0.2, 0.25) is 0 Å². The Labute approximate surface area is 162 Å². The molecule has 0 saturated carbocycles. The number of piperidine rings is 1. The Morgan fingerprint density at radius 3 is 2.79 bits per heavy atom. The number of rotatable bonds is 4. The lowest BCUT2D eigenvalue weighted by molar-refractivity contribution is 0.0704. The van der Waals surface area contributed by atoms with Gasteiger partial charge in [0.25, 0.3) is 11.7 Å². The number of likely N-dealkylation sites (tertiary alicyclic amines) is 1. The van der Waals surface area contributed by atoms with Gasteiger partial charge < -0.3 is 4.90 Å². The van der Waals surface area contributed by atoms with Crippen LogP contribution in [0.15, 0.2) is 29.8 Å². The van der Waals surface area contributed by atoms with Crippen molar-refractivity contribution in [2.24, 2.45) is 0 Å². The highest BCUT2D eigenvalue weighted by atomic mass is 32.2. The minimum Gasteiger partial charge on any atom is -0.338 e. The summed E-state index contributed by atoms with van der Waals surface area (Å²) in [4.78, 5) is 22.9. The van der Waals surface area contributed by atoms with Gasteiger partial charge in [-0.15, -0.1) is 0 Å². The lowest BCUT2D eigenvalue weighted by Crippen LogP contribution is -2.40. The smallest absolute Gasteiger partial charge is 0.257 e. The van der Waals surface area contributed by atoms with Crippen LogP contribution in [0, 0.1) is 0 Å². The van der Waals surface area contributed by atoms with E-state index in [4.69, 9.17) is 0 Å². The molecule has 3 aromatic heterocycles. The fraction of sp³-hybridized carbons (Fsp3) is 0.471. The summed E-state index contributed by atoms with van der Waals surface area (Å²) in [6, 6.07) is 0. The third-order valence-corrected chi connectivity index (χ3v) is 6.12. The Morgan fingerprint density at radius 1 is 1.25 bits per heavy atom. The average molecular weight is 403 g/mol. The van der Waals surface area contributed by atoms with E-state index in [-0.39, 0.29) is 16.7 Å². The highest BCUT2D eigenvalue weighted by Gasteiger charge is 2.31. The molecule has 1 aliphatic heterocycles. The monoisotopic (exact) mass is 403 g/mol. The summed E-state index contributed by atoms with van der Waals surface area (Å²) >= 11 is 0. The SMILES string of the molecule is CCn1cc(C(=O)N2CCC[C@@H](c3c(S(C)(=O)=O)cnc4ncnn34)C2)cn1. The zero-order valence-electron chi connectivity index (χ0n) is 15.7. The second kappa shape index (κ2) is 6.97. The van der Waals surface area contributed by atoms with E-state index in [0.29, 0.717) is 36.7 Å². The number of carbonyl (C=O) groups excluding carboxylic acids is 1. The highest BCUT2D eigenvalue weighted by molar-refractivity contribution is 7.90. The van der Waals surface area contributed by atoms with Crippen LogP contribution < -0.4 is 0 Å². The van der Waals surface area contributed by atoms with Gasteiger partial charge in [-0.2, -0.15) is 19.7 Å². The van der Waals surface area contributed by atoms with Gasteiger partial charge >= 0.3 is 0 Å². The molecule has 28 heavy (non-hydrogen) atoms. The highest BCUT2D eigenvalue weighted by Crippen LogP contribution is 2.31. The van der Waals surface area contributed by atoms with Crippen molar-refractivity contribution in [3.63, 3.8) is 0 Å². The predicted octanol–water partition coefficient (Wildman–Crippen LogP) is 0.764. The Bertz CT molecular complexity index is 1130. The molecule has 0 bridgehead atoms. The minimum absolute atomic E-state index is 0.103. The molecule has 148 valence electrons. The number of carbonyl (C=O) groups is 1. The largest absolute Gasteiger partial charge is 0.338 e. The van der Waals surface area contributed by atoms with E-state index in [0.717, 1.165) is 19.1 Å². The standard InChI is InChI=1S/C17H21N7O3S/c1-3-23-10-13(7-20-23)16(25)22-6-4-5-12(9-22)15-14(28(2,26)27)8-18-17-19-11-21-24(15)17/h7-8,10-12H,3-6,9H2,1-2H3/t12-/m1/s1. The predicted molar refractivity (Wildman–Crippen MR) is 99.7 cm³/mol. The molecule has 10 nitrogen and oxygen atoms in total. The molecule has 11 heteroatoms. The molecule has 1 atom stereocenters. The minimum atomic E-state index is -3.51. The first-order chi connectivity index (χ1) is 13.4. The van der Waals surface area contributed by atoms with Crippen LogP contribution in [0.4, 0.5) is 0 Å². The van der Waals surface area contributed by atoms with Crippen LogP contribution in [0.3, 0.4) is 0 Å². The van der Waals surface area contributed by atoms with E-state index in [1.165, 1.54) is 17.0 Å².